The maximum absolute atomic E-state index is 11.9. The van der Waals surface area contributed by atoms with Gasteiger partial charge in [-0.3, -0.25) is 4.79 Å². The third kappa shape index (κ3) is 1.89. The molecule has 82 valence electrons. The van der Waals surface area contributed by atoms with Gasteiger partial charge in [0, 0.05) is 29.0 Å². The molecule has 2 rings (SSSR count). The van der Waals surface area contributed by atoms with E-state index in [0.717, 1.165) is 6.92 Å². The lowest BCUT2D eigenvalue weighted by Gasteiger charge is -2.12. The number of rotatable bonds is 3. The van der Waals surface area contributed by atoms with Gasteiger partial charge >= 0.3 is 5.97 Å². The maximum atomic E-state index is 11.9. The number of hydrogen-bond acceptors (Lipinski definition) is 3. The van der Waals surface area contributed by atoms with Crippen LogP contribution in [0.2, 0.25) is 0 Å². The Labute approximate surface area is 96.3 Å². The van der Waals surface area contributed by atoms with Gasteiger partial charge in [-0.25, -0.2) is 4.98 Å². The van der Waals surface area contributed by atoms with Crippen molar-refractivity contribution in [1.82, 2.24) is 9.55 Å². The van der Waals surface area contributed by atoms with E-state index in [1.807, 2.05) is 0 Å². The van der Waals surface area contributed by atoms with E-state index in [0.29, 0.717) is 5.69 Å². The molecule has 1 fully saturated rings. The molecule has 0 bridgehead atoms. The molecule has 0 aromatic carbocycles. The van der Waals surface area contributed by atoms with Crippen LogP contribution in [-0.4, -0.2) is 22.1 Å². The Morgan fingerprint density at radius 3 is 3.33 bits per heavy atom. The molecular formula is C11H16N2O2. The standard InChI is InChI=1S/C11H16N2O2/c1-3-10-8(6-15-11(10)14)4-9-5-12-7-13(9)2/h5,7-8,10H,3-4,6H2,1-2H3/t8-,10-/m0/s1/i3D2,6D2,10D. The van der Waals surface area contributed by atoms with Crippen molar-refractivity contribution in [1.29, 1.82) is 0 Å². The average molecular weight is 213 g/mol. The second-order valence-corrected chi connectivity index (χ2v) is 3.42. The number of imidazole rings is 1. The molecule has 1 aliphatic heterocycles. The Morgan fingerprint density at radius 2 is 2.73 bits per heavy atom. The van der Waals surface area contributed by atoms with Crippen LogP contribution in [0.3, 0.4) is 0 Å². The van der Waals surface area contributed by atoms with Gasteiger partial charge in [0.2, 0.25) is 0 Å². The van der Waals surface area contributed by atoms with Crippen LogP contribution in [0.25, 0.3) is 0 Å². The molecule has 0 radical (unpaired) electrons. The number of ether oxygens (including phenoxy) is 1. The number of hydrogen-bond donors (Lipinski definition) is 0. The fourth-order valence-corrected chi connectivity index (χ4v) is 1.59. The molecule has 1 aromatic rings. The third-order valence-electron chi connectivity index (χ3n) is 2.46. The summed E-state index contributed by atoms with van der Waals surface area (Å²) in [6.45, 7) is -1.29. The zero-order valence-electron chi connectivity index (χ0n) is 13.7. The van der Waals surface area contributed by atoms with Crippen molar-refractivity contribution < 1.29 is 16.4 Å². The van der Waals surface area contributed by atoms with Crippen LogP contribution in [0.1, 0.15) is 25.8 Å². The predicted molar refractivity (Wildman–Crippen MR) is 55.1 cm³/mol. The molecule has 1 aliphatic rings. The average Bonchev–Trinajstić information content (AvgIpc) is 2.74. The van der Waals surface area contributed by atoms with E-state index < -0.39 is 30.7 Å². The van der Waals surface area contributed by atoms with Crippen molar-refractivity contribution >= 4 is 5.97 Å². The summed E-state index contributed by atoms with van der Waals surface area (Å²) in [6.07, 6.45) is 0.794. The van der Waals surface area contributed by atoms with Crippen molar-refractivity contribution in [3.05, 3.63) is 18.2 Å². The van der Waals surface area contributed by atoms with E-state index in [9.17, 15) is 4.79 Å². The monoisotopic (exact) mass is 213 g/mol. The Balaban J connectivity index is 2.45. The fraction of sp³-hybridized carbons (Fsp3) is 0.636. The lowest BCUT2D eigenvalue weighted by Crippen LogP contribution is -2.18. The molecule has 1 saturated heterocycles. The third-order valence-corrected chi connectivity index (χ3v) is 2.46. The van der Waals surface area contributed by atoms with Gasteiger partial charge in [0.25, 0.3) is 0 Å². The fourth-order valence-electron chi connectivity index (χ4n) is 1.59. The first kappa shape index (κ1) is 5.68. The largest absolute Gasteiger partial charge is 0.465 e. The SMILES string of the molecule is [2H]C1([2H])OC(=O)[C@@]([2H])(C([2H])([2H])C)[C@H]1Cc1cncn1C. The van der Waals surface area contributed by atoms with E-state index in [1.165, 1.54) is 12.5 Å². The lowest BCUT2D eigenvalue weighted by molar-refractivity contribution is -0.141. The summed E-state index contributed by atoms with van der Waals surface area (Å²) in [7, 11) is 1.71. The summed E-state index contributed by atoms with van der Waals surface area (Å²) in [6, 6.07) is 0. The molecule has 2 atom stereocenters. The summed E-state index contributed by atoms with van der Waals surface area (Å²) in [5, 5.41) is 0. The summed E-state index contributed by atoms with van der Waals surface area (Å²) < 4.78 is 45.5. The zero-order chi connectivity index (χ0) is 15.3. The second kappa shape index (κ2) is 4.04. The van der Waals surface area contributed by atoms with E-state index in [-0.39, 0.29) is 6.42 Å². The molecule has 2 heterocycles. The van der Waals surface area contributed by atoms with Crippen LogP contribution < -0.4 is 0 Å². The highest BCUT2D eigenvalue weighted by Gasteiger charge is 2.35. The first-order valence-corrected chi connectivity index (χ1v) is 4.69. The number of aryl methyl sites for hydroxylation is 1. The molecule has 4 nitrogen and oxygen atoms in total. The maximum Gasteiger partial charge on any atom is 0.309 e. The van der Waals surface area contributed by atoms with Crippen LogP contribution >= 0.6 is 0 Å². The molecule has 15 heavy (non-hydrogen) atoms. The number of esters is 1. The smallest absolute Gasteiger partial charge is 0.309 e. The van der Waals surface area contributed by atoms with Gasteiger partial charge < -0.3 is 9.30 Å². The number of nitrogens with zero attached hydrogens (tertiary/aromatic N) is 2. The van der Waals surface area contributed by atoms with Crippen LogP contribution in [-0.2, 0) is 23.0 Å². The molecular weight excluding hydrogens is 192 g/mol. The van der Waals surface area contributed by atoms with E-state index in [2.05, 4.69) is 9.72 Å². The highest BCUT2D eigenvalue weighted by Crippen LogP contribution is 2.27. The molecule has 0 unspecified atom stereocenters. The van der Waals surface area contributed by atoms with E-state index in [1.54, 1.807) is 11.6 Å². The molecule has 4 heteroatoms. The molecule has 0 saturated carbocycles. The van der Waals surface area contributed by atoms with Crippen molar-refractivity contribution in [2.45, 2.75) is 19.7 Å². The van der Waals surface area contributed by atoms with Crippen molar-refractivity contribution in [2.75, 3.05) is 6.56 Å². The van der Waals surface area contributed by atoms with E-state index >= 15 is 0 Å². The number of carbonyl (C=O) groups excluding carboxylic acids is 1. The highest BCUT2D eigenvalue weighted by atomic mass is 16.5. The second-order valence-electron chi connectivity index (χ2n) is 3.42. The molecule has 0 amide bonds. The summed E-state index contributed by atoms with van der Waals surface area (Å²) >= 11 is 0. The van der Waals surface area contributed by atoms with Crippen LogP contribution in [0.15, 0.2) is 12.5 Å². The van der Waals surface area contributed by atoms with Gasteiger partial charge in [-0.2, -0.15) is 0 Å². The molecule has 0 N–H and O–H groups in total. The predicted octanol–water partition coefficient (Wildman–Crippen LogP) is 1.16. The van der Waals surface area contributed by atoms with Gasteiger partial charge in [-0.1, -0.05) is 6.92 Å². The van der Waals surface area contributed by atoms with Crippen LogP contribution in [0.4, 0.5) is 0 Å². The van der Waals surface area contributed by atoms with Gasteiger partial charge in [-0.05, 0) is 12.8 Å². The highest BCUT2D eigenvalue weighted by molar-refractivity contribution is 5.74. The topological polar surface area (TPSA) is 44.1 Å². The molecule has 0 spiro atoms. The Hall–Kier alpha value is -1.32. The van der Waals surface area contributed by atoms with Gasteiger partial charge in [0.05, 0.1) is 21.5 Å². The minimum atomic E-state index is -2.38. The Morgan fingerprint density at radius 1 is 1.93 bits per heavy atom. The lowest BCUT2D eigenvalue weighted by atomic mass is 9.89. The van der Waals surface area contributed by atoms with Gasteiger partial charge in [-0.15, -0.1) is 0 Å². The molecule has 1 aromatic heterocycles. The Bertz CT molecular complexity index is 539. The van der Waals surface area contributed by atoms with Crippen molar-refractivity contribution in [3.8, 4) is 0 Å². The first-order chi connectivity index (χ1) is 9.00. The number of carbonyl (C=O) groups is 1. The minimum Gasteiger partial charge on any atom is -0.465 e. The summed E-state index contributed by atoms with van der Waals surface area (Å²) in [5.41, 5.74) is 0.609. The zero-order valence-corrected chi connectivity index (χ0v) is 8.65. The first-order valence-electron chi connectivity index (χ1n) is 7.19. The minimum absolute atomic E-state index is 0.00785. The summed E-state index contributed by atoms with van der Waals surface area (Å²) in [5.74, 6) is -4.71. The normalized spacial score (nSPS) is 39.7. The quantitative estimate of drug-likeness (QED) is 0.708. The van der Waals surface area contributed by atoms with E-state index in [4.69, 9.17) is 6.85 Å². The summed E-state index contributed by atoms with van der Waals surface area (Å²) in [4.78, 5) is 15.8. The Kier molecular flexibility index (Phi) is 1.53. The van der Waals surface area contributed by atoms with Crippen LogP contribution in [0.5, 0.6) is 0 Å². The van der Waals surface area contributed by atoms with Crippen molar-refractivity contribution in [3.63, 3.8) is 0 Å². The van der Waals surface area contributed by atoms with Gasteiger partial charge in [0.1, 0.15) is 0 Å². The number of cyclic esters (lactones) is 1. The van der Waals surface area contributed by atoms with Crippen LogP contribution in [0, 0.1) is 11.8 Å². The number of aromatic nitrogens is 2. The van der Waals surface area contributed by atoms with Gasteiger partial charge in [0.15, 0.2) is 0 Å². The van der Waals surface area contributed by atoms with Crippen molar-refractivity contribution in [2.24, 2.45) is 18.9 Å². The molecule has 0 aliphatic carbocycles.